The summed E-state index contributed by atoms with van der Waals surface area (Å²) in [7, 11) is 1.28. The van der Waals surface area contributed by atoms with E-state index >= 15 is 0 Å². The van der Waals surface area contributed by atoms with E-state index in [2.05, 4.69) is 5.32 Å². The predicted molar refractivity (Wildman–Crippen MR) is 95.1 cm³/mol. The molecule has 2 atom stereocenters. The molecule has 0 bridgehead atoms. The first-order valence-corrected chi connectivity index (χ1v) is 9.05. The molecular formula is C18H23ClN2O5. The number of methoxy groups -OCH3 is 1. The van der Waals surface area contributed by atoms with Crippen molar-refractivity contribution in [3.63, 3.8) is 0 Å². The summed E-state index contributed by atoms with van der Waals surface area (Å²) in [5.74, 6) is -0.273. The van der Waals surface area contributed by atoms with Crippen molar-refractivity contribution < 1.29 is 24.2 Å². The number of benzene rings is 1. The smallest absolute Gasteiger partial charge is 0.328 e. The van der Waals surface area contributed by atoms with Gasteiger partial charge in [-0.2, -0.15) is 0 Å². The number of ether oxygens (including phenoxy) is 2. The lowest BCUT2D eigenvalue weighted by atomic mass is 9.90. The van der Waals surface area contributed by atoms with Gasteiger partial charge in [-0.15, -0.1) is 0 Å². The number of piperidine rings is 1. The van der Waals surface area contributed by atoms with E-state index in [-0.39, 0.29) is 18.9 Å². The summed E-state index contributed by atoms with van der Waals surface area (Å²) < 4.78 is 10.9. The fourth-order valence-corrected chi connectivity index (χ4v) is 3.70. The Kier molecular flexibility index (Phi) is 5.70. The maximum atomic E-state index is 13.4. The van der Waals surface area contributed by atoms with Crippen LogP contribution in [-0.4, -0.2) is 66.4 Å². The van der Waals surface area contributed by atoms with Crippen molar-refractivity contribution >= 4 is 23.5 Å². The van der Waals surface area contributed by atoms with Gasteiger partial charge < -0.3 is 24.8 Å². The third-order valence-electron chi connectivity index (χ3n) is 4.94. The van der Waals surface area contributed by atoms with Gasteiger partial charge in [0, 0.05) is 30.8 Å². The Balaban J connectivity index is 1.87. The van der Waals surface area contributed by atoms with Crippen LogP contribution in [0, 0.1) is 0 Å². The highest BCUT2D eigenvalue weighted by molar-refractivity contribution is 6.30. The molecule has 0 aliphatic carbocycles. The maximum absolute atomic E-state index is 13.4. The quantitative estimate of drug-likeness (QED) is 0.755. The third-order valence-corrected chi connectivity index (χ3v) is 5.19. The van der Waals surface area contributed by atoms with E-state index < -0.39 is 23.7 Å². The minimum absolute atomic E-state index is 0.0950. The van der Waals surface area contributed by atoms with Gasteiger partial charge in [0.25, 0.3) is 5.91 Å². The zero-order chi connectivity index (χ0) is 18.7. The van der Waals surface area contributed by atoms with Gasteiger partial charge >= 0.3 is 5.97 Å². The summed E-state index contributed by atoms with van der Waals surface area (Å²) in [6.07, 6.45) is 0.356. The van der Waals surface area contributed by atoms with Crippen LogP contribution in [0.25, 0.3) is 0 Å². The molecule has 142 valence electrons. The van der Waals surface area contributed by atoms with Gasteiger partial charge in [0.2, 0.25) is 0 Å². The number of aliphatic hydroxyl groups is 1. The Morgan fingerprint density at radius 2 is 1.92 bits per heavy atom. The van der Waals surface area contributed by atoms with Crippen molar-refractivity contribution in [1.82, 2.24) is 10.2 Å². The maximum Gasteiger partial charge on any atom is 0.328 e. The number of likely N-dealkylation sites (tertiary alicyclic amines) is 1. The Labute approximate surface area is 157 Å². The fraction of sp³-hybridized carbons (Fsp3) is 0.556. The molecule has 2 saturated heterocycles. The van der Waals surface area contributed by atoms with Crippen LogP contribution in [0.3, 0.4) is 0 Å². The second-order valence-electron chi connectivity index (χ2n) is 6.69. The van der Waals surface area contributed by atoms with Crippen LogP contribution >= 0.6 is 11.6 Å². The average molecular weight is 383 g/mol. The van der Waals surface area contributed by atoms with Crippen LogP contribution in [0.2, 0.25) is 5.02 Å². The van der Waals surface area contributed by atoms with E-state index in [1.807, 2.05) is 0 Å². The first-order valence-electron chi connectivity index (χ1n) is 8.67. The van der Waals surface area contributed by atoms with Crippen LogP contribution in [0.1, 0.15) is 19.3 Å². The van der Waals surface area contributed by atoms with Crippen LogP contribution in [0.4, 0.5) is 0 Å². The van der Waals surface area contributed by atoms with Gasteiger partial charge in [-0.25, -0.2) is 4.79 Å². The molecule has 2 heterocycles. The van der Waals surface area contributed by atoms with Gasteiger partial charge in [-0.1, -0.05) is 11.6 Å². The predicted octanol–water partition coefficient (Wildman–Crippen LogP) is 0.976. The Morgan fingerprint density at radius 1 is 1.27 bits per heavy atom. The summed E-state index contributed by atoms with van der Waals surface area (Å²) in [5.41, 5.74) is -1.09. The van der Waals surface area contributed by atoms with Crippen LogP contribution in [-0.2, 0) is 14.3 Å². The lowest BCUT2D eigenvalue weighted by Gasteiger charge is -2.40. The second kappa shape index (κ2) is 7.82. The van der Waals surface area contributed by atoms with E-state index in [9.17, 15) is 14.7 Å². The van der Waals surface area contributed by atoms with Crippen molar-refractivity contribution in [2.45, 2.75) is 37.0 Å². The standard InChI is InChI=1S/C18H23ClN2O5/c1-25-16(23)15-10-13(22)11-21(15)17(24)18(6-8-20-9-7-18)26-14-4-2-12(19)3-5-14/h2-5,13,15,20,22H,6-11H2,1H3/t13-,15+/m1/s1. The molecule has 0 saturated carbocycles. The number of β-amino-alcohol motifs (C(OH)–C–C–N with tert-alkyl or cyclic N) is 1. The molecule has 26 heavy (non-hydrogen) atoms. The van der Waals surface area contributed by atoms with Gasteiger partial charge in [0.1, 0.15) is 11.8 Å². The molecule has 7 nitrogen and oxygen atoms in total. The van der Waals surface area contributed by atoms with Crippen molar-refractivity contribution in [1.29, 1.82) is 0 Å². The third kappa shape index (κ3) is 3.79. The molecule has 2 aliphatic rings. The fourth-order valence-electron chi connectivity index (χ4n) is 3.58. The summed E-state index contributed by atoms with van der Waals surface area (Å²) in [4.78, 5) is 26.9. The Morgan fingerprint density at radius 3 is 2.54 bits per heavy atom. The van der Waals surface area contributed by atoms with E-state index in [1.54, 1.807) is 24.3 Å². The summed E-state index contributed by atoms with van der Waals surface area (Å²) in [6.45, 7) is 1.34. The van der Waals surface area contributed by atoms with Gasteiger partial charge in [0.15, 0.2) is 5.60 Å². The zero-order valence-electron chi connectivity index (χ0n) is 14.6. The molecule has 8 heteroatoms. The number of amides is 1. The lowest BCUT2D eigenvalue weighted by molar-refractivity contribution is -0.160. The molecule has 0 aromatic heterocycles. The topological polar surface area (TPSA) is 88.1 Å². The average Bonchev–Trinajstić information content (AvgIpc) is 3.05. The van der Waals surface area contributed by atoms with Crippen LogP contribution in [0.15, 0.2) is 24.3 Å². The number of esters is 1. The molecule has 2 aliphatic heterocycles. The van der Waals surface area contributed by atoms with Crippen molar-refractivity contribution in [2.24, 2.45) is 0 Å². The summed E-state index contributed by atoms with van der Waals surface area (Å²) in [6, 6.07) is 6.05. The number of rotatable bonds is 4. The largest absolute Gasteiger partial charge is 0.477 e. The van der Waals surface area contributed by atoms with E-state index in [1.165, 1.54) is 12.0 Å². The number of carbonyl (C=O) groups is 2. The Hall–Kier alpha value is -1.83. The molecule has 3 rings (SSSR count). The number of nitrogens with zero attached hydrogens (tertiary/aromatic N) is 1. The minimum Gasteiger partial charge on any atom is -0.477 e. The first-order chi connectivity index (χ1) is 12.4. The molecule has 1 amide bonds. The van der Waals surface area contributed by atoms with E-state index in [0.29, 0.717) is 36.7 Å². The number of aliphatic hydroxyl groups excluding tert-OH is 1. The van der Waals surface area contributed by atoms with Gasteiger partial charge in [0.05, 0.1) is 13.2 Å². The first kappa shape index (κ1) is 18.9. The normalized spacial score (nSPS) is 25.0. The molecular weight excluding hydrogens is 360 g/mol. The van der Waals surface area contributed by atoms with Crippen molar-refractivity contribution in [3.8, 4) is 5.75 Å². The lowest BCUT2D eigenvalue weighted by Crippen LogP contribution is -2.59. The van der Waals surface area contributed by atoms with E-state index in [0.717, 1.165) is 0 Å². The molecule has 1 aromatic carbocycles. The second-order valence-corrected chi connectivity index (χ2v) is 7.12. The highest BCUT2D eigenvalue weighted by atomic mass is 35.5. The molecule has 1 aromatic rings. The zero-order valence-corrected chi connectivity index (χ0v) is 15.4. The summed E-state index contributed by atoms with van der Waals surface area (Å²) >= 11 is 5.92. The molecule has 0 unspecified atom stereocenters. The number of hydrogen-bond acceptors (Lipinski definition) is 6. The minimum atomic E-state index is -1.09. The number of carbonyl (C=O) groups excluding carboxylic acids is 2. The monoisotopic (exact) mass is 382 g/mol. The van der Waals surface area contributed by atoms with Gasteiger partial charge in [-0.05, 0) is 37.4 Å². The van der Waals surface area contributed by atoms with E-state index in [4.69, 9.17) is 21.1 Å². The van der Waals surface area contributed by atoms with Crippen LogP contribution in [0.5, 0.6) is 5.75 Å². The number of nitrogens with one attached hydrogen (secondary N) is 1. The van der Waals surface area contributed by atoms with Crippen molar-refractivity contribution in [2.75, 3.05) is 26.7 Å². The Bertz CT molecular complexity index is 660. The molecule has 0 radical (unpaired) electrons. The highest BCUT2D eigenvalue weighted by Gasteiger charge is 2.50. The molecule has 2 N–H and O–H groups in total. The number of hydrogen-bond donors (Lipinski definition) is 2. The van der Waals surface area contributed by atoms with Gasteiger partial charge in [-0.3, -0.25) is 4.79 Å². The van der Waals surface area contributed by atoms with Crippen LogP contribution < -0.4 is 10.1 Å². The van der Waals surface area contributed by atoms with Crippen molar-refractivity contribution in [3.05, 3.63) is 29.3 Å². The molecule has 2 fully saturated rings. The number of halogens is 1. The molecule has 0 spiro atoms. The summed E-state index contributed by atoms with van der Waals surface area (Å²) in [5, 5.41) is 13.8. The SMILES string of the molecule is COC(=O)[C@@H]1C[C@@H](O)CN1C(=O)C1(Oc2ccc(Cl)cc2)CCNCC1. The highest BCUT2D eigenvalue weighted by Crippen LogP contribution is 2.32.